The maximum Gasteiger partial charge on any atom is 0.411 e. The molecule has 0 radical (unpaired) electrons. The van der Waals surface area contributed by atoms with Crippen LogP contribution in [0.4, 0.5) is 9.59 Å². The van der Waals surface area contributed by atoms with Gasteiger partial charge in [0.15, 0.2) is 11.9 Å². The number of carbonyl (C=O) groups excluding carboxylic acids is 5. The maximum atomic E-state index is 13.0. The fraction of sp³-hybridized carbons (Fsp3) is 0.526. The van der Waals surface area contributed by atoms with Crippen LogP contribution in [0, 0.1) is 11.8 Å². The number of imidazole rings is 1. The Balaban J connectivity index is 0.000000167. The van der Waals surface area contributed by atoms with Crippen molar-refractivity contribution < 1.29 is 48.1 Å². The normalized spacial score (nSPS) is 23.7. The fourth-order valence-corrected chi connectivity index (χ4v) is 12.1. The second-order valence-corrected chi connectivity index (χ2v) is 25.2. The molecule has 2 aliphatic heterocycles. The van der Waals surface area contributed by atoms with Gasteiger partial charge in [0, 0.05) is 61.2 Å². The van der Waals surface area contributed by atoms with Gasteiger partial charge < -0.3 is 30.5 Å². The van der Waals surface area contributed by atoms with Crippen molar-refractivity contribution in [3.63, 3.8) is 0 Å². The minimum Gasteiger partial charge on any atom is -0.481 e. The number of Topliss-reactive ketones (excluding diaryl/α,β-unsaturated/α-hetero) is 2. The molecule has 5 N–H and O–H groups in total. The fourth-order valence-electron chi connectivity index (χ4n) is 10.9. The van der Waals surface area contributed by atoms with Crippen LogP contribution in [-0.2, 0) is 49.5 Å². The molecule has 1 aromatic heterocycles. The number of carboxylic acids is 1. The third-order valence-corrected chi connectivity index (χ3v) is 15.7. The van der Waals surface area contributed by atoms with Gasteiger partial charge in [-0.05, 0) is 196 Å². The summed E-state index contributed by atoms with van der Waals surface area (Å²) in [6.07, 6.45) is 11.1. The van der Waals surface area contributed by atoms with Crippen molar-refractivity contribution in [1.82, 2.24) is 25.9 Å². The summed E-state index contributed by atoms with van der Waals surface area (Å²) in [4.78, 5) is 84.1. The van der Waals surface area contributed by atoms with Gasteiger partial charge in [-0.3, -0.25) is 24.2 Å². The molecule has 404 valence electrons. The van der Waals surface area contributed by atoms with Crippen molar-refractivity contribution in [3.8, 4) is 11.3 Å². The number of aromatic nitrogens is 2. The lowest BCUT2D eigenvalue weighted by Crippen LogP contribution is -2.47. The van der Waals surface area contributed by atoms with E-state index in [0.717, 1.165) is 114 Å². The number of esters is 1. The lowest BCUT2D eigenvalue weighted by Gasteiger charge is -2.30. The second-order valence-electron chi connectivity index (χ2n) is 22.4. The summed E-state index contributed by atoms with van der Waals surface area (Å²) in [7, 11) is 0. The molecule has 5 aliphatic carbocycles. The van der Waals surface area contributed by atoms with Gasteiger partial charge in [0.25, 0.3) is 5.97 Å². The highest BCUT2D eigenvalue weighted by molar-refractivity contribution is 9.11. The summed E-state index contributed by atoms with van der Waals surface area (Å²) < 4.78 is 20.0. The van der Waals surface area contributed by atoms with Crippen LogP contribution >= 0.6 is 47.8 Å². The number of nitrogens with zero attached hydrogens (tertiary/aromatic N) is 3. The largest absolute Gasteiger partial charge is 0.481 e. The van der Waals surface area contributed by atoms with Crippen LogP contribution in [0.1, 0.15) is 168 Å². The van der Waals surface area contributed by atoms with E-state index < -0.39 is 41.4 Å². The van der Waals surface area contributed by atoms with Crippen LogP contribution < -0.4 is 6.15 Å². The zero-order valence-corrected chi connectivity index (χ0v) is 48.7. The number of H-pyrrole nitrogens is 1. The van der Waals surface area contributed by atoms with E-state index in [-0.39, 0.29) is 30.1 Å². The number of nitrogens with one attached hydrogen (secondary N) is 1. The molecule has 0 bridgehead atoms. The number of aromatic amines is 1. The van der Waals surface area contributed by atoms with Crippen molar-refractivity contribution in [2.24, 2.45) is 11.8 Å². The lowest BCUT2D eigenvalue weighted by atomic mass is 10.0. The van der Waals surface area contributed by atoms with Crippen LogP contribution in [0.15, 0.2) is 68.0 Å². The molecule has 2 unspecified atom stereocenters. The van der Waals surface area contributed by atoms with Crippen molar-refractivity contribution in [2.45, 2.75) is 180 Å². The Kier molecular flexibility index (Phi) is 18.3. The summed E-state index contributed by atoms with van der Waals surface area (Å²) in [5.41, 5.74) is 7.41. The summed E-state index contributed by atoms with van der Waals surface area (Å²) in [5, 5.41) is 7.42. The first kappa shape index (κ1) is 57.8. The van der Waals surface area contributed by atoms with Crippen LogP contribution in [0.5, 0.6) is 0 Å². The van der Waals surface area contributed by atoms with Gasteiger partial charge in [-0.15, -0.1) is 0 Å². The zero-order valence-electron chi connectivity index (χ0n) is 43.9. The Morgan fingerprint density at radius 2 is 1.15 bits per heavy atom. The Morgan fingerprint density at radius 3 is 1.76 bits per heavy atom. The first-order valence-corrected chi connectivity index (χ1v) is 28.3. The maximum absolute atomic E-state index is 13.0. The number of carbonyl (C=O) groups is 6. The highest BCUT2D eigenvalue weighted by Gasteiger charge is 2.58. The first-order chi connectivity index (χ1) is 34.9. The number of likely N-dealkylation sites (tertiary alicyclic amines) is 2. The number of rotatable bonds is 3. The number of benzene rings is 3. The molecule has 0 spiro atoms. The summed E-state index contributed by atoms with van der Waals surface area (Å²) >= 11 is 10.5. The summed E-state index contributed by atoms with van der Waals surface area (Å²) in [6.45, 7) is 12.3. The van der Waals surface area contributed by atoms with E-state index in [1.807, 2.05) is 49.9 Å². The number of fused-ring (bicyclic) bond motifs is 7. The standard InChI is InChI=1S/C22H26BrN3O2.C22H26BrNO5.C11H11BrO.C2H4O2.H3N/c1-22(2,3)28-21(27)26-17-10-13(17)11-18(26)20-24-16-6-4-5-12-9-14(23)7-8-15(12)19(16)25-20;1-22(2,3)29-21(27)24-16-10-13(16)11-17(24)20(26)28-18-6-4-5-12-9-14(23)7-8-15(12)19(18)25;12-9-5-6-10-8(7-9)3-1-2-4-11(10)13;1-2(3)4;/h7-9,13,17-18H,4-6,10-11H2,1-3H3,(H,24,25);7-9,13,16-18H,4-6,10-11H2,1-3H3;5-7H,1-4H2;1H3,(H,3,4);1H3/t13-,17-,18?;13-,16-,17+,18?;;;/m11.../s1. The predicted molar refractivity (Wildman–Crippen MR) is 295 cm³/mol. The number of amides is 2. The highest BCUT2D eigenvalue weighted by atomic mass is 79.9. The van der Waals surface area contributed by atoms with Crippen LogP contribution in [0.25, 0.3) is 11.3 Å². The molecule has 11 rings (SSSR count). The van der Waals surface area contributed by atoms with Gasteiger partial charge >= 0.3 is 18.2 Å². The molecular formula is C57H70Br3N5O10. The quantitative estimate of drug-likeness (QED) is 0.0991. The van der Waals surface area contributed by atoms with Gasteiger partial charge in [0.05, 0.1) is 11.7 Å². The number of carboxylic acid groups (broad SMARTS) is 1. The Labute approximate surface area is 465 Å². The molecule has 2 saturated carbocycles. The number of halogens is 3. The third-order valence-electron chi connectivity index (χ3n) is 14.3. The highest BCUT2D eigenvalue weighted by Crippen LogP contribution is 2.54. The molecule has 15 nitrogen and oxygen atoms in total. The number of hydrogen-bond acceptors (Lipinski definition) is 11. The number of aliphatic carboxylic acids is 1. The average Bonchev–Trinajstić information content (AvgIpc) is 4.17. The Hall–Kier alpha value is -4.91. The molecule has 75 heavy (non-hydrogen) atoms. The first-order valence-electron chi connectivity index (χ1n) is 25.9. The molecule has 3 heterocycles. The number of piperidine rings is 2. The average molecular weight is 1220 g/mol. The van der Waals surface area contributed by atoms with Gasteiger partial charge in [0.1, 0.15) is 23.1 Å². The Bertz CT molecular complexity index is 2820. The SMILES string of the molecule is CC(=O)O.CC(C)(C)OC(=O)N1C(c2nc3c([nH]2)CCCc2cc(Br)ccc2-3)C[C@H]2C[C@H]21.CC(C)(C)OC(=O)N1[C@@H]2C[C@@H]2C[C@H]1C(=O)OC1CCCc2cc(Br)ccc2C1=O.N.O=C1CCCCc2cc(Br)ccc21. The van der Waals surface area contributed by atoms with Gasteiger partial charge in [-0.2, -0.15) is 0 Å². The monoisotopic (exact) mass is 1220 g/mol. The molecule has 2 amide bonds. The Morgan fingerprint density at radius 1 is 0.653 bits per heavy atom. The van der Waals surface area contributed by atoms with E-state index in [2.05, 4.69) is 77.0 Å². The number of ether oxygens (including phenoxy) is 3. The van der Waals surface area contributed by atoms with E-state index >= 15 is 0 Å². The van der Waals surface area contributed by atoms with Gasteiger partial charge in [0.2, 0.25) is 5.78 Å². The van der Waals surface area contributed by atoms with Crippen molar-refractivity contribution in [2.75, 3.05) is 0 Å². The zero-order chi connectivity index (χ0) is 53.4. The van der Waals surface area contributed by atoms with Gasteiger partial charge in [-0.25, -0.2) is 19.4 Å². The summed E-state index contributed by atoms with van der Waals surface area (Å²) in [5.74, 6) is 0.639. The topological polar surface area (TPSA) is 220 Å². The molecule has 18 heteroatoms. The number of ketones is 2. The minimum absolute atomic E-state index is 0. The molecule has 4 fully saturated rings. The number of hydrogen-bond donors (Lipinski definition) is 3. The minimum atomic E-state index is -0.833. The second kappa shape index (κ2) is 23.8. The molecule has 2 saturated heterocycles. The van der Waals surface area contributed by atoms with Crippen LogP contribution in [0.3, 0.4) is 0 Å². The van der Waals surface area contributed by atoms with Crippen molar-refractivity contribution in [1.29, 1.82) is 0 Å². The van der Waals surface area contributed by atoms with E-state index in [0.29, 0.717) is 48.5 Å². The third kappa shape index (κ3) is 14.4. The van der Waals surface area contributed by atoms with Crippen LogP contribution in [0.2, 0.25) is 0 Å². The molecule has 3 aromatic carbocycles. The van der Waals surface area contributed by atoms with E-state index in [9.17, 15) is 24.0 Å². The van der Waals surface area contributed by atoms with E-state index in [1.165, 1.54) is 27.3 Å². The van der Waals surface area contributed by atoms with E-state index in [4.69, 9.17) is 29.1 Å². The van der Waals surface area contributed by atoms with E-state index in [1.54, 1.807) is 26.8 Å². The van der Waals surface area contributed by atoms with Gasteiger partial charge in [-0.1, -0.05) is 59.9 Å². The summed E-state index contributed by atoms with van der Waals surface area (Å²) in [6, 6.07) is 17.6. The smallest absolute Gasteiger partial charge is 0.411 e. The molecule has 4 aromatic rings. The molecule has 7 atom stereocenters. The van der Waals surface area contributed by atoms with Crippen molar-refractivity contribution in [3.05, 3.63) is 107 Å². The predicted octanol–water partition coefficient (Wildman–Crippen LogP) is 13.3. The van der Waals surface area contributed by atoms with Crippen molar-refractivity contribution >= 4 is 83.5 Å². The number of aryl methyl sites for hydroxylation is 4. The molecule has 7 aliphatic rings. The lowest BCUT2D eigenvalue weighted by molar-refractivity contribution is -0.153. The molecular weight excluding hydrogens is 1150 g/mol. The van der Waals surface area contributed by atoms with Crippen LogP contribution in [-0.4, -0.2) is 96.0 Å².